The zero-order chi connectivity index (χ0) is 14.1. The van der Waals surface area contributed by atoms with Gasteiger partial charge in [-0.1, -0.05) is 13.8 Å². The lowest BCUT2D eigenvalue weighted by Crippen LogP contribution is -2.28. The maximum atomic E-state index is 4.91. The lowest BCUT2D eigenvalue weighted by atomic mass is 10.1. The normalized spacial score (nSPS) is 22.8. The van der Waals surface area contributed by atoms with Crippen LogP contribution in [0, 0.1) is 0 Å². The number of nitrogens with zero attached hydrogens (tertiary/aromatic N) is 2. The Bertz CT molecular complexity index is 465. The van der Waals surface area contributed by atoms with Crippen LogP contribution >= 0.6 is 0 Å². The number of hydrogen-bond acceptors (Lipinski definition) is 3. The van der Waals surface area contributed by atoms with Gasteiger partial charge in [-0.3, -0.25) is 0 Å². The Kier molecular flexibility index (Phi) is 3.97. The van der Waals surface area contributed by atoms with Crippen LogP contribution in [0.4, 0.5) is 5.82 Å². The second-order valence-corrected chi connectivity index (χ2v) is 6.75. The molecule has 1 aromatic rings. The second-order valence-electron chi connectivity index (χ2n) is 6.75. The predicted octanol–water partition coefficient (Wildman–Crippen LogP) is 3.45. The summed E-state index contributed by atoms with van der Waals surface area (Å²) in [5.74, 6) is 1.68. The van der Waals surface area contributed by atoms with E-state index in [0.29, 0.717) is 12.0 Å². The molecule has 0 radical (unpaired) electrons. The molecule has 3 heteroatoms. The van der Waals surface area contributed by atoms with Gasteiger partial charge in [0.05, 0.1) is 0 Å². The maximum absolute atomic E-state index is 4.91. The third kappa shape index (κ3) is 3.14. The fourth-order valence-corrected chi connectivity index (χ4v) is 2.96. The first-order valence-corrected chi connectivity index (χ1v) is 8.14. The lowest BCUT2D eigenvalue weighted by Gasteiger charge is -2.24. The smallest absolute Gasteiger partial charge is 0.129 e. The van der Waals surface area contributed by atoms with Crippen molar-refractivity contribution in [2.45, 2.75) is 71.0 Å². The van der Waals surface area contributed by atoms with E-state index in [1.807, 2.05) is 0 Å². The molecule has 1 aliphatic heterocycles. The van der Waals surface area contributed by atoms with Crippen molar-refractivity contribution in [2.24, 2.45) is 0 Å². The monoisotopic (exact) mass is 273 g/mol. The van der Waals surface area contributed by atoms with Gasteiger partial charge in [0.15, 0.2) is 0 Å². The average Bonchev–Trinajstić information content (AvgIpc) is 3.16. The molecule has 1 aliphatic carbocycles. The molecule has 0 amide bonds. The fourth-order valence-electron chi connectivity index (χ4n) is 2.96. The Labute approximate surface area is 122 Å². The summed E-state index contributed by atoms with van der Waals surface area (Å²) in [6, 6.07) is 5.97. The van der Waals surface area contributed by atoms with E-state index in [9.17, 15) is 0 Å². The number of nitrogens with one attached hydrogen (secondary N) is 1. The highest BCUT2D eigenvalue weighted by Crippen LogP contribution is 2.27. The summed E-state index contributed by atoms with van der Waals surface area (Å²) < 4.78 is 0. The van der Waals surface area contributed by atoms with E-state index in [1.54, 1.807) is 0 Å². The highest BCUT2D eigenvalue weighted by Gasteiger charge is 2.23. The van der Waals surface area contributed by atoms with Crippen molar-refractivity contribution in [3.8, 4) is 0 Å². The first kappa shape index (κ1) is 13.9. The third-order valence-corrected chi connectivity index (χ3v) is 4.50. The molecule has 1 aromatic heterocycles. The minimum absolute atomic E-state index is 0.493. The molecule has 0 aromatic carbocycles. The van der Waals surface area contributed by atoms with E-state index >= 15 is 0 Å². The van der Waals surface area contributed by atoms with Gasteiger partial charge in [-0.15, -0.1) is 0 Å². The van der Waals surface area contributed by atoms with Crippen LogP contribution in [0.5, 0.6) is 0 Å². The van der Waals surface area contributed by atoms with Gasteiger partial charge < -0.3 is 10.2 Å². The highest BCUT2D eigenvalue weighted by atomic mass is 15.2. The first-order chi connectivity index (χ1) is 9.63. The minimum Gasteiger partial charge on any atom is -0.354 e. The van der Waals surface area contributed by atoms with Crippen molar-refractivity contribution >= 4 is 5.82 Å². The van der Waals surface area contributed by atoms with Crippen LogP contribution in [-0.4, -0.2) is 23.6 Å². The zero-order valence-electron chi connectivity index (χ0n) is 13.0. The van der Waals surface area contributed by atoms with Crippen LogP contribution in [0.25, 0.3) is 0 Å². The van der Waals surface area contributed by atoms with Crippen molar-refractivity contribution in [3.63, 3.8) is 0 Å². The summed E-state index contributed by atoms with van der Waals surface area (Å²) >= 11 is 0. The molecule has 1 N–H and O–H groups in total. The molecule has 1 saturated carbocycles. The molecule has 2 fully saturated rings. The number of anilines is 1. The molecular formula is C17H27N3. The standard InChI is InChI=1S/C17H27N3/c1-12(2)16-9-14(11-18-15-6-7-15)10-17(19-16)20-8-4-5-13(20)3/h9-10,12-13,15,18H,4-8,11H2,1-3H3. The van der Waals surface area contributed by atoms with Crippen LogP contribution < -0.4 is 10.2 Å². The topological polar surface area (TPSA) is 28.2 Å². The van der Waals surface area contributed by atoms with E-state index in [0.717, 1.165) is 19.1 Å². The predicted molar refractivity (Wildman–Crippen MR) is 84.2 cm³/mol. The quantitative estimate of drug-likeness (QED) is 0.890. The number of rotatable bonds is 5. The summed E-state index contributed by atoms with van der Waals surface area (Å²) in [5.41, 5.74) is 2.62. The fraction of sp³-hybridized carbons (Fsp3) is 0.706. The molecule has 1 unspecified atom stereocenters. The van der Waals surface area contributed by atoms with Gasteiger partial charge in [0.25, 0.3) is 0 Å². The maximum Gasteiger partial charge on any atom is 0.129 e. The van der Waals surface area contributed by atoms with Crippen LogP contribution in [0.2, 0.25) is 0 Å². The minimum atomic E-state index is 0.493. The molecule has 3 rings (SSSR count). The summed E-state index contributed by atoms with van der Waals surface area (Å²) in [6.45, 7) is 8.93. The van der Waals surface area contributed by atoms with E-state index in [4.69, 9.17) is 4.98 Å². The van der Waals surface area contributed by atoms with E-state index in [-0.39, 0.29) is 0 Å². The van der Waals surface area contributed by atoms with Crippen LogP contribution in [-0.2, 0) is 6.54 Å². The molecule has 1 atom stereocenters. The van der Waals surface area contributed by atoms with Crippen molar-refractivity contribution in [1.29, 1.82) is 0 Å². The molecule has 20 heavy (non-hydrogen) atoms. The summed E-state index contributed by atoms with van der Waals surface area (Å²) in [6.07, 6.45) is 5.28. The van der Waals surface area contributed by atoms with E-state index in [2.05, 4.69) is 43.1 Å². The van der Waals surface area contributed by atoms with Crippen molar-refractivity contribution in [3.05, 3.63) is 23.4 Å². The lowest BCUT2D eigenvalue weighted by molar-refractivity contribution is 0.679. The van der Waals surface area contributed by atoms with Gasteiger partial charge >= 0.3 is 0 Å². The van der Waals surface area contributed by atoms with Gasteiger partial charge in [-0.2, -0.15) is 0 Å². The van der Waals surface area contributed by atoms with Crippen LogP contribution in [0.1, 0.15) is 63.6 Å². The molecule has 110 valence electrons. The summed E-state index contributed by atoms with van der Waals surface area (Å²) in [4.78, 5) is 7.38. The largest absolute Gasteiger partial charge is 0.354 e. The summed E-state index contributed by atoms with van der Waals surface area (Å²) in [7, 11) is 0. The van der Waals surface area contributed by atoms with Crippen molar-refractivity contribution in [2.75, 3.05) is 11.4 Å². The Morgan fingerprint density at radius 2 is 2.10 bits per heavy atom. The second kappa shape index (κ2) is 5.72. The SMILES string of the molecule is CC(C)c1cc(CNC2CC2)cc(N2CCCC2C)n1. The number of aromatic nitrogens is 1. The number of pyridine rings is 1. The van der Waals surface area contributed by atoms with E-state index in [1.165, 1.54) is 42.8 Å². The summed E-state index contributed by atoms with van der Waals surface area (Å²) in [5, 5.41) is 3.62. The molecule has 2 heterocycles. The third-order valence-electron chi connectivity index (χ3n) is 4.50. The van der Waals surface area contributed by atoms with E-state index < -0.39 is 0 Å². The van der Waals surface area contributed by atoms with Gasteiger partial charge in [-0.05, 0) is 56.2 Å². The van der Waals surface area contributed by atoms with Gasteiger partial charge in [0.2, 0.25) is 0 Å². The molecule has 3 nitrogen and oxygen atoms in total. The Balaban J connectivity index is 1.82. The Morgan fingerprint density at radius 3 is 2.70 bits per heavy atom. The van der Waals surface area contributed by atoms with Crippen molar-refractivity contribution in [1.82, 2.24) is 10.3 Å². The zero-order valence-corrected chi connectivity index (χ0v) is 13.0. The molecule has 2 aliphatic rings. The van der Waals surface area contributed by atoms with Crippen LogP contribution in [0.15, 0.2) is 12.1 Å². The van der Waals surface area contributed by atoms with Crippen LogP contribution in [0.3, 0.4) is 0 Å². The van der Waals surface area contributed by atoms with Gasteiger partial charge in [-0.25, -0.2) is 4.98 Å². The molecule has 1 saturated heterocycles. The van der Waals surface area contributed by atoms with Crippen molar-refractivity contribution < 1.29 is 0 Å². The number of hydrogen-bond donors (Lipinski definition) is 1. The molecule has 0 bridgehead atoms. The Morgan fingerprint density at radius 1 is 1.30 bits per heavy atom. The van der Waals surface area contributed by atoms with Gasteiger partial charge in [0, 0.05) is 30.9 Å². The first-order valence-electron chi connectivity index (χ1n) is 8.14. The highest BCUT2D eigenvalue weighted by molar-refractivity contribution is 5.45. The van der Waals surface area contributed by atoms with Gasteiger partial charge in [0.1, 0.15) is 5.82 Å². The average molecular weight is 273 g/mol. The molecule has 0 spiro atoms. The molecular weight excluding hydrogens is 246 g/mol. The Hall–Kier alpha value is -1.09.